The average Bonchev–Trinajstić information content (AvgIpc) is 2.75. The first-order valence-electron chi connectivity index (χ1n) is 10.3. The van der Waals surface area contributed by atoms with Gasteiger partial charge in [0, 0.05) is 18.7 Å². The highest BCUT2D eigenvalue weighted by Gasteiger charge is 2.30. The van der Waals surface area contributed by atoms with Crippen molar-refractivity contribution in [2.24, 2.45) is 27.9 Å². The van der Waals surface area contributed by atoms with E-state index in [1.54, 1.807) is 0 Å². The van der Waals surface area contributed by atoms with E-state index in [0.29, 0.717) is 0 Å². The van der Waals surface area contributed by atoms with Crippen LogP contribution in [0.25, 0.3) is 0 Å². The van der Waals surface area contributed by atoms with Gasteiger partial charge in [0.1, 0.15) is 24.2 Å². The molecule has 0 aromatic carbocycles. The van der Waals surface area contributed by atoms with E-state index in [9.17, 15) is 34.2 Å². The van der Waals surface area contributed by atoms with Crippen molar-refractivity contribution in [3.05, 3.63) is 0 Å². The minimum atomic E-state index is -1.34. The summed E-state index contributed by atoms with van der Waals surface area (Å²) < 4.78 is 0. The number of nitrogens with one attached hydrogen (secondary N) is 3. The predicted molar refractivity (Wildman–Crippen MR) is 125 cm³/mol. The number of aliphatic hydroxyl groups excluding tert-OH is 1. The summed E-state index contributed by atoms with van der Waals surface area (Å²) in [6, 6.07) is -5.21. The molecule has 0 heterocycles. The summed E-state index contributed by atoms with van der Waals surface area (Å²) >= 11 is 3.99. The maximum absolute atomic E-state index is 12.7. The van der Waals surface area contributed by atoms with Crippen LogP contribution in [0, 0.1) is 0 Å². The van der Waals surface area contributed by atoms with Gasteiger partial charge in [0.05, 0.1) is 6.10 Å². The number of primary amides is 1. The number of guanidine groups is 1. The van der Waals surface area contributed by atoms with Crippen molar-refractivity contribution in [2.75, 3.05) is 12.3 Å². The molecule has 0 bridgehead atoms. The van der Waals surface area contributed by atoms with Crippen LogP contribution in [0.5, 0.6) is 0 Å². The number of aliphatic imine (C=N–C) groups is 1. The average molecular weight is 507 g/mol. The molecule has 194 valence electrons. The van der Waals surface area contributed by atoms with Crippen LogP contribution in [0.15, 0.2) is 4.99 Å². The van der Waals surface area contributed by atoms with E-state index >= 15 is 0 Å². The fourth-order valence-electron chi connectivity index (χ4n) is 2.54. The third-order valence-electron chi connectivity index (χ3n) is 4.51. The molecule has 4 amide bonds. The number of nitrogens with zero attached hydrogens (tertiary/aromatic N) is 1. The lowest BCUT2D eigenvalue weighted by Crippen LogP contribution is -2.58. The number of carboxylic acids is 1. The van der Waals surface area contributed by atoms with E-state index in [0.717, 1.165) is 0 Å². The third kappa shape index (κ3) is 12.2. The van der Waals surface area contributed by atoms with Gasteiger partial charge in [-0.05, 0) is 26.2 Å². The molecule has 0 fully saturated rings. The van der Waals surface area contributed by atoms with Gasteiger partial charge in [-0.2, -0.15) is 12.6 Å². The van der Waals surface area contributed by atoms with Gasteiger partial charge in [0.25, 0.3) is 0 Å². The van der Waals surface area contributed by atoms with Crippen molar-refractivity contribution in [1.29, 1.82) is 0 Å². The number of nitrogens with two attached hydrogens (primary N) is 4. The van der Waals surface area contributed by atoms with Crippen molar-refractivity contribution in [1.82, 2.24) is 16.0 Å². The Hall–Kier alpha value is -3.11. The first-order valence-corrected chi connectivity index (χ1v) is 11.0. The SMILES string of the molecule is CC(O)C(N)C(=O)NC(CS)C(=O)NC(CCC(N)=O)C(=O)NC(CCCN=C(N)N)C(=O)O. The monoisotopic (exact) mass is 506 g/mol. The number of aliphatic hydroxyl groups is 1. The van der Waals surface area contributed by atoms with Gasteiger partial charge >= 0.3 is 5.97 Å². The quantitative estimate of drug-likeness (QED) is 0.0414. The molecule has 34 heavy (non-hydrogen) atoms. The molecule has 5 unspecified atom stereocenters. The number of aliphatic carboxylic acids is 1. The van der Waals surface area contributed by atoms with E-state index in [4.69, 9.17) is 22.9 Å². The lowest BCUT2D eigenvalue weighted by atomic mass is 10.1. The molecular formula is C18H34N8O7S. The van der Waals surface area contributed by atoms with Gasteiger partial charge in [-0.1, -0.05) is 0 Å². The lowest BCUT2D eigenvalue weighted by Gasteiger charge is -2.24. The van der Waals surface area contributed by atoms with Gasteiger partial charge in [-0.15, -0.1) is 0 Å². The number of hydrogen-bond acceptors (Lipinski definition) is 9. The fraction of sp³-hybridized carbons (Fsp3) is 0.667. The number of rotatable bonds is 16. The summed E-state index contributed by atoms with van der Waals surface area (Å²) in [6.07, 6.45) is -1.47. The molecular weight excluding hydrogens is 472 g/mol. The molecule has 0 saturated carbocycles. The molecule has 0 aromatic heterocycles. The summed E-state index contributed by atoms with van der Waals surface area (Å²) in [6.45, 7) is 1.43. The summed E-state index contributed by atoms with van der Waals surface area (Å²) in [5.41, 5.74) is 21.1. The van der Waals surface area contributed by atoms with Crippen LogP contribution >= 0.6 is 12.6 Å². The highest BCUT2D eigenvalue weighted by molar-refractivity contribution is 7.80. The van der Waals surface area contributed by atoms with E-state index in [-0.39, 0.29) is 43.9 Å². The molecule has 15 nitrogen and oxygen atoms in total. The van der Waals surface area contributed by atoms with Crippen LogP contribution in [0.1, 0.15) is 32.6 Å². The second-order valence-corrected chi connectivity index (χ2v) is 7.79. The molecule has 0 aliphatic carbocycles. The zero-order valence-corrected chi connectivity index (χ0v) is 19.7. The van der Waals surface area contributed by atoms with Crippen molar-refractivity contribution in [3.8, 4) is 0 Å². The van der Waals surface area contributed by atoms with Crippen LogP contribution in [0.2, 0.25) is 0 Å². The molecule has 0 aliphatic heterocycles. The maximum atomic E-state index is 12.7. The fourth-order valence-corrected chi connectivity index (χ4v) is 2.80. The number of hydrogen-bond donors (Lipinski definition) is 10. The zero-order chi connectivity index (χ0) is 26.4. The Morgan fingerprint density at radius 3 is 1.91 bits per heavy atom. The number of carboxylic acid groups (broad SMARTS) is 1. The van der Waals surface area contributed by atoms with Crippen molar-refractivity contribution in [2.45, 2.75) is 62.9 Å². The van der Waals surface area contributed by atoms with Crippen LogP contribution in [0.3, 0.4) is 0 Å². The standard InChI is InChI=1S/C18H34N8O7S/c1-8(27)13(20)16(31)26-11(7-34)15(30)24-9(4-5-12(19)28)14(29)25-10(17(32)33)3-2-6-23-18(21)22/h8-11,13,27,34H,2-7,20H2,1H3,(H2,19,28)(H,24,30)(H,25,29)(H,26,31)(H,32,33)(H4,21,22,23). The van der Waals surface area contributed by atoms with Crippen molar-refractivity contribution in [3.63, 3.8) is 0 Å². The first kappa shape index (κ1) is 30.9. The van der Waals surface area contributed by atoms with Crippen LogP contribution in [0.4, 0.5) is 0 Å². The van der Waals surface area contributed by atoms with Gasteiger partial charge in [0.15, 0.2) is 5.96 Å². The summed E-state index contributed by atoms with van der Waals surface area (Å²) in [4.78, 5) is 63.8. The smallest absolute Gasteiger partial charge is 0.326 e. The van der Waals surface area contributed by atoms with Gasteiger partial charge in [0.2, 0.25) is 23.6 Å². The Balaban J connectivity index is 5.33. The Labute approximate surface area is 201 Å². The Bertz CT molecular complexity index is 761. The van der Waals surface area contributed by atoms with Crippen molar-refractivity contribution >= 4 is 48.2 Å². The first-order chi connectivity index (χ1) is 15.8. The minimum Gasteiger partial charge on any atom is -0.480 e. The lowest BCUT2D eigenvalue weighted by molar-refractivity contribution is -0.142. The molecule has 0 saturated heterocycles. The molecule has 0 rings (SSSR count). The van der Waals surface area contributed by atoms with Crippen LogP contribution in [-0.4, -0.2) is 88.3 Å². The summed E-state index contributed by atoms with van der Waals surface area (Å²) in [5.74, 6) is -4.97. The zero-order valence-electron chi connectivity index (χ0n) is 18.8. The van der Waals surface area contributed by atoms with E-state index < -0.39 is 59.9 Å². The highest BCUT2D eigenvalue weighted by atomic mass is 32.1. The number of thiol groups is 1. The largest absolute Gasteiger partial charge is 0.480 e. The third-order valence-corrected chi connectivity index (χ3v) is 4.88. The normalized spacial score (nSPS) is 15.1. The summed E-state index contributed by atoms with van der Waals surface area (Å²) in [5, 5.41) is 25.7. The molecule has 0 aromatic rings. The minimum absolute atomic E-state index is 0.0130. The Morgan fingerprint density at radius 1 is 0.912 bits per heavy atom. The second-order valence-electron chi connectivity index (χ2n) is 7.42. The number of carbonyl (C=O) groups is 5. The number of carbonyl (C=O) groups excluding carboxylic acids is 4. The van der Waals surface area contributed by atoms with Crippen molar-refractivity contribution < 1.29 is 34.2 Å². The second kappa shape index (κ2) is 15.7. The van der Waals surface area contributed by atoms with E-state index in [2.05, 4.69) is 33.6 Å². The number of amides is 4. The summed E-state index contributed by atoms with van der Waals surface area (Å²) in [7, 11) is 0. The van der Waals surface area contributed by atoms with E-state index in [1.807, 2.05) is 0 Å². The Morgan fingerprint density at radius 2 is 1.44 bits per heavy atom. The Kier molecular flexibility index (Phi) is 14.2. The topological polar surface area (TPSA) is 278 Å². The van der Waals surface area contributed by atoms with E-state index in [1.165, 1.54) is 6.92 Å². The van der Waals surface area contributed by atoms with Gasteiger partial charge in [-0.25, -0.2) is 4.79 Å². The molecule has 0 spiro atoms. The van der Waals surface area contributed by atoms with Crippen LogP contribution < -0.4 is 38.9 Å². The predicted octanol–water partition coefficient (Wildman–Crippen LogP) is -4.52. The molecule has 16 heteroatoms. The molecule has 0 aliphatic rings. The molecule has 0 radical (unpaired) electrons. The maximum Gasteiger partial charge on any atom is 0.326 e. The molecule has 13 N–H and O–H groups in total. The molecule has 5 atom stereocenters. The van der Waals surface area contributed by atoms with Gasteiger partial charge < -0.3 is 49.1 Å². The highest BCUT2D eigenvalue weighted by Crippen LogP contribution is 2.04. The van der Waals surface area contributed by atoms with Gasteiger partial charge in [-0.3, -0.25) is 24.2 Å². The van der Waals surface area contributed by atoms with Crippen LogP contribution in [-0.2, 0) is 24.0 Å².